The summed E-state index contributed by atoms with van der Waals surface area (Å²) in [7, 11) is -4.75. The highest BCUT2D eigenvalue weighted by Gasteiger charge is 2.17. The molecule has 0 spiro atoms. The first-order valence-corrected chi connectivity index (χ1v) is 11.0. The molecule has 0 heterocycles. The van der Waals surface area contributed by atoms with Crippen molar-refractivity contribution in [2.45, 2.75) is 14.7 Å². The van der Waals surface area contributed by atoms with Gasteiger partial charge in [-0.3, -0.25) is 9.52 Å². The average molecular weight is 416 g/mol. The molecule has 0 radical (unpaired) electrons. The molecule has 0 aliphatic carbocycles. The molecule has 11 heteroatoms. The maximum Gasteiger partial charge on any atom is 0.285 e. The summed E-state index contributed by atoms with van der Waals surface area (Å²) in [6, 6.07) is 11.0. The van der Waals surface area contributed by atoms with Crippen molar-refractivity contribution >= 4 is 42.7 Å². The van der Waals surface area contributed by atoms with Crippen molar-refractivity contribution in [1.82, 2.24) is 4.90 Å². The van der Waals surface area contributed by atoms with Crippen molar-refractivity contribution in [2.75, 3.05) is 18.8 Å². The number of thioether (sulfide) groups is 1. The number of rotatable bonds is 5. The minimum atomic E-state index is -4.01. The minimum Gasteiger partial charge on any atom is -0.339 e. The van der Waals surface area contributed by atoms with Crippen LogP contribution >= 0.6 is 11.8 Å². The van der Waals surface area contributed by atoms with Gasteiger partial charge in [0.25, 0.3) is 15.3 Å². The summed E-state index contributed by atoms with van der Waals surface area (Å²) < 4.78 is 49.9. The summed E-state index contributed by atoms with van der Waals surface area (Å²) in [6.45, 7) is 0. The molecule has 0 atom stereocenters. The predicted molar refractivity (Wildman–Crippen MR) is 100 cm³/mol. The number of nitrogens with two attached hydrogens (primary N) is 1. The molecule has 0 aliphatic rings. The van der Waals surface area contributed by atoms with E-state index in [0.717, 1.165) is 17.8 Å². The molecule has 3 N–H and O–H groups in total. The van der Waals surface area contributed by atoms with Crippen LogP contribution in [0, 0.1) is 0 Å². The number of anilines is 1. The number of nitrogens with zero attached hydrogens (tertiary/aromatic N) is 1. The molecule has 0 aromatic heterocycles. The van der Waals surface area contributed by atoms with Crippen molar-refractivity contribution in [1.29, 1.82) is 0 Å². The first-order chi connectivity index (χ1) is 12.0. The van der Waals surface area contributed by atoms with Crippen molar-refractivity contribution in [3.63, 3.8) is 0 Å². The third kappa shape index (κ3) is 5.21. The van der Waals surface area contributed by atoms with Crippen LogP contribution in [0.4, 0.5) is 10.5 Å². The Hall–Kier alpha value is -2.08. The first kappa shape index (κ1) is 20.2. The second-order valence-corrected chi connectivity index (χ2v) is 9.68. The minimum absolute atomic E-state index is 0.155. The lowest BCUT2D eigenvalue weighted by Crippen LogP contribution is -2.16. The summed E-state index contributed by atoms with van der Waals surface area (Å²) in [4.78, 5) is 13.2. The third-order valence-corrected chi connectivity index (χ3v) is 6.46. The molecule has 0 bridgehead atoms. The van der Waals surface area contributed by atoms with Gasteiger partial charge in [-0.05, 0) is 54.2 Å². The normalized spacial score (nSPS) is 11.8. The molecular formula is C15H17N3O5S3. The fourth-order valence-electron chi connectivity index (χ4n) is 1.82. The molecule has 8 nitrogen and oxygen atoms in total. The van der Waals surface area contributed by atoms with Gasteiger partial charge in [0, 0.05) is 24.7 Å². The van der Waals surface area contributed by atoms with E-state index in [9.17, 15) is 21.6 Å². The Bertz CT molecular complexity index is 1020. The van der Waals surface area contributed by atoms with Crippen LogP contribution in [0.2, 0.25) is 0 Å². The maximum atomic E-state index is 12.4. The van der Waals surface area contributed by atoms with E-state index in [1.54, 1.807) is 26.2 Å². The van der Waals surface area contributed by atoms with Gasteiger partial charge in [0.15, 0.2) is 0 Å². The van der Waals surface area contributed by atoms with Gasteiger partial charge < -0.3 is 4.90 Å². The predicted octanol–water partition coefficient (Wildman–Crippen LogP) is 1.91. The molecule has 0 aliphatic heterocycles. The molecule has 140 valence electrons. The van der Waals surface area contributed by atoms with E-state index in [1.807, 2.05) is 0 Å². The standard InChI is InChI=1S/C15H17N3O5S3/c1-18(2)15(19)24-12-8-6-11(7-9-12)17-26(22,23)14-5-3-4-13(10-14)25(16,20)21/h3-10,17H,1-2H3,(H2,16,20,21). The van der Waals surface area contributed by atoms with Gasteiger partial charge in [-0.1, -0.05) is 6.07 Å². The zero-order chi connectivity index (χ0) is 19.5. The van der Waals surface area contributed by atoms with Gasteiger partial charge in [-0.2, -0.15) is 0 Å². The number of carbonyl (C=O) groups is 1. The number of hydrogen-bond donors (Lipinski definition) is 2. The van der Waals surface area contributed by atoms with E-state index >= 15 is 0 Å². The number of sulfonamides is 2. The second-order valence-electron chi connectivity index (χ2n) is 5.41. The molecule has 26 heavy (non-hydrogen) atoms. The van der Waals surface area contributed by atoms with Gasteiger partial charge in [-0.25, -0.2) is 22.0 Å². The van der Waals surface area contributed by atoms with E-state index < -0.39 is 20.0 Å². The van der Waals surface area contributed by atoms with E-state index in [2.05, 4.69) is 4.72 Å². The van der Waals surface area contributed by atoms with Crippen LogP contribution in [-0.4, -0.2) is 41.1 Å². The largest absolute Gasteiger partial charge is 0.339 e. The Morgan fingerprint density at radius 3 is 2.12 bits per heavy atom. The Balaban J connectivity index is 2.21. The molecule has 1 amide bonds. The van der Waals surface area contributed by atoms with Crippen LogP contribution in [0.25, 0.3) is 0 Å². The molecule has 0 unspecified atom stereocenters. The van der Waals surface area contributed by atoms with Crippen LogP contribution in [0.1, 0.15) is 0 Å². The van der Waals surface area contributed by atoms with Gasteiger partial charge in [0.2, 0.25) is 10.0 Å². The zero-order valence-electron chi connectivity index (χ0n) is 13.9. The summed E-state index contributed by atoms with van der Waals surface area (Å²) in [6.07, 6.45) is 0. The van der Waals surface area contributed by atoms with Crippen LogP contribution in [0.5, 0.6) is 0 Å². The van der Waals surface area contributed by atoms with Crippen LogP contribution < -0.4 is 9.86 Å². The number of benzene rings is 2. The van der Waals surface area contributed by atoms with E-state index in [1.165, 1.54) is 35.2 Å². The molecule has 2 aromatic carbocycles. The lowest BCUT2D eigenvalue weighted by atomic mass is 10.3. The zero-order valence-corrected chi connectivity index (χ0v) is 16.4. The second kappa shape index (κ2) is 7.66. The Labute approximate surface area is 156 Å². The molecular weight excluding hydrogens is 398 g/mol. The lowest BCUT2D eigenvalue weighted by molar-refractivity contribution is 0.241. The van der Waals surface area contributed by atoms with Crippen LogP contribution in [0.15, 0.2) is 63.2 Å². The van der Waals surface area contributed by atoms with E-state index in [-0.39, 0.29) is 20.7 Å². The number of amides is 1. The average Bonchev–Trinajstić information content (AvgIpc) is 2.55. The first-order valence-electron chi connectivity index (χ1n) is 7.14. The van der Waals surface area contributed by atoms with Crippen molar-refractivity contribution < 1.29 is 21.6 Å². The maximum absolute atomic E-state index is 12.4. The summed E-state index contributed by atoms with van der Waals surface area (Å²) in [5.41, 5.74) is 0.271. The highest BCUT2D eigenvalue weighted by atomic mass is 32.2. The number of carbonyl (C=O) groups excluding carboxylic acids is 1. The summed E-state index contributed by atoms with van der Waals surface area (Å²) >= 11 is 1.01. The van der Waals surface area contributed by atoms with Crippen molar-refractivity contribution in [3.05, 3.63) is 48.5 Å². The van der Waals surface area contributed by atoms with Crippen LogP contribution in [0.3, 0.4) is 0 Å². The smallest absolute Gasteiger partial charge is 0.285 e. The van der Waals surface area contributed by atoms with Gasteiger partial charge in [-0.15, -0.1) is 0 Å². The molecule has 0 saturated carbocycles. The lowest BCUT2D eigenvalue weighted by Gasteiger charge is -2.11. The van der Waals surface area contributed by atoms with Gasteiger partial charge in [0.05, 0.1) is 9.79 Å². The molecule has 2 rings (SSSR count). The summed E-state index contributed by atoms with van der Waals surface area (Å²) in [5, 5.41) is 4.87. The number of primary sulfonamides is 1. The van der Waals surface area contributed by atoms with Crippen molar-refractivity contribution in [3.8, 4) is 0 Å². The third-order valence-electron chi connectivity index (χ3n) is 3.12. The molecule has 2 aromatic rings. The fraction of sp³-hybridized carbons (Fsp3) is 0.133. The number of nitrogens with one attached hydrogen (secondary N) is 1. The molecule has 0 fully saturated rings. The number of hydrogen-bond acceptors (Lipinski definition) is 6. The quantitative estimate of drug-likeness (QED) is 0.718. The fourth-order valence-corrected chi connectivity index (χ4v) is 4.21. The summed E-state index contributed by atoms with van der Waals surface area (Å²) in [5.74, 6) is 0. The van der Waals surface area contributed by atoms with Gasteiger partial charge in [0.1, 0.15) is 0 Å². The Kier molecular flexibility index (Phi) is 5.96. The monoisotopic (exact) mass is 415 g/mol. The SMILES string of the molecule is CN(C)C(=O)Sc1ccc(NS(=O)(=O)c2cccc(S(N)(=O)=O)c2)cc1. The van der Waals surface area contributed by atoms with E-state index in [0.29, 0.717) is 4.90 Å². The Morgan fingerprint density at radius 1 is 1.00 bits per heavy atom. The highest BCUT2D eigenvalue weighted by molar-refractivity contribution is 8.13. The Morgan fingerprint density at radius 2 is 1.58 bits per heavy atom. The molecule has 0 saturated heterocycles. The topological polar surface area (TPSA) is 127 Å². The van der Waals surface area contributed by atoms with Gasteiger partial charge >= 0.3 is 0 Å². The van der Waals surface area contributed by atoms with Crippen molar-refractivity contribution in [2.24, 2.45) is 5.14 Å². The van der Waals surface area contributed by atoms with E-state index in [4.69, 9.17) is 5.14 Å². The highest BCUT2D eigenvalue weighted by Crippen LogP contribution is 2.24. The van der Waals surface area contributed by atoms with Crippen LogP contribution in [-0.2, 0) is 20.0 Å².